The van der Waals surface area contributed by atoms with Crippen molar-refractivity contribution in [3.8, 4) is 5.69 Å². The van der Waals surface area contributed by atoms with Crippen molar-refractivity contribution in [2.24, 2.45) is 11.8 Å². The minimum atomic E-state index is -0.0217. The number of piperidine rings is 1. The summed E-state index contributed by atoms with van der Waals surface area (Å²) < 4.78 is 1.71. The van der Waals surface area contributed by atoms with Crippen molar-refractivity contribution in [3.63, 3.8) is 0 Å². The average molecular weight is 388 g/mol. The van der Waals surface area contributed by atoms with Crippen molar-refractivity contribution >= 4 is 33.4 Å². The highest BCUT2D eigenvalue weighted by atomic mass is 35.5. The highest BCUT2D eigenvalue weighted by Gasteiger charge is 2.22. The number of hydrogen-bond donors (Lipinski definition) is 0. The molecule has 2 atom stereocenters. The van der Waals surface area contributed by atoms with E-state index in [0.717, 1.165) is 40.7 Å². The summed E-state index contributed by atoms with van der Waals surface area (Å²) in [5.41, 5.74) is 1.91. The first-order valence-corrected chi connectivity index (χ1v) is 10.1. The van der Waals surface area contributed by atoms with E-state index >= 15 is 0 Å². The molecule has 0 saturated carbocycles. The first-order valence-electron chi connectivity index (χ1n) is 8.99. The molecule has 1 saturated heterocycles. The van der Waals surface area contributed by atoms with Gasteiger partial charge < -0.3 is 0 Å². The Balaban J connectivity index is 1.67. The zero-order valence-corrected chi connectivity index (χ0v) is 16.6. The van der Waals surface area contributed by atoms with Crippen molar-refractivity contribution in [1.82, 2.24) is 13.8 Å². The van der Waals surface area contributed by atoms with Crippen LogP contribution in [0.15, 0.2) is 41.3 Å². The van der Waals surface area contributed by atoms with Crippen LogP contribution in [-0.4, -0.2) is 26.9 Å². The van der Waals surface area contributed by atoms with Crippen LogP contribution in [-0.2, 0) is 6.54 Å². The summed E-state index contributed by atoms with van der Waals surface area (Å²) in [5.74, 6) is 1.41. The van der Waals surface area contributed by atoms with Crippen molar-refractivity contribution < 1.29 is 0 Å². The molecule has 136 valence electrons. The first-order chi connectivity index (χ1) is 12.5. The molecule has 4 rings (SSSR count). The third-order valence-electron chi connectivity index (χ3n) is 4.97. The van der Waals surface area contributed by atoms with Crippen LogP contribution in [0.4, 0.5) is 0 Å². The molecular weight excluding hydrogens is 366 g/mol. The van der Waals surface area contributed by atoms with Crippen LogP contribution in [0.3, 0.4) is 0 Å². The van der Waals surface area contributed by atoms with Gasteiger partial charge in [0.05, 0.1) is 11.1 Å². The molecule has 26 heavy (non-hydrogen) atoms. The number of likely N-dealkylation sites (tertiary alicyclic amines) is 1. The van der Waals surface area contributed by atoms with Gasteiger partial charge in [-0.1, -0.05) is 25.4 Å². The van der Waals surface area contributed by atoms with Crippen LogP contribution in [0.25, 0.3) is 15.9 Å². The zero-order chi connectivity index (χ0) is 18.3. The van der Waals surface area contributed by atoms with Gasteiger partial charge in [0.2, 0.25) is 0 Å². The molecule has 3 heterocycles. The van der Waals surface area contributed by atoms with E-state index in [1.54, 1.807) is 16.2 Å². The predicted octanol–water partition coefficient (Wildman–Crippen LogP) is 4.58. The van der Waals surface area contributed by atoms with Crippen molar-refractivity contribution in [2.75, 3.05) is 13.1 Å². The molecule has 2 aromatic heterocycles. The van der Waals surface area contributed by atoms with Gasteiger partial charge in [-0.2, -0.15) is 0 Å². The van der Waals surface area contributed by atoms with Gasteiger partial charge in [-0.05, 0) is 65.7 Å². The van der Waals surface area contributed by atoms with Gasteiger partial charge in [-0.3, -0.25) is 9.69 Å². The first kappa shape index (κ1) is 17.7. The summed E-state index contributed by atoms with van der Waals surface area (Å²) in [6, 6.07) is 9.47. The number of fused-ring (bicyclic) bond motifs is 1. The monoisotopic (exact) mass is 387 g/mol. The normalized spacial score (nSPS) is 21.3. The molecule has 1 aliphatic rings. The lowest BCUT2D eigenvalue weighted by Gasteiger charge is -2.35. The van der Waals surface area contributed by atoms with E-state index in [0.29, 0.717) is 17.2 Å². The molecule has 0 radical (unpaired) electrons. The number of rotatable bonds is 3. The van der Waals surface area contributed by atoms with Crippen LogP contribution in [0.1, 0.15) is 25.8 Å². The Bertz CT molecular complexity index is 986. The van der Waals surface area contributed by atoms with E-state index in [1.165, 1.54) is 18.0 Å². The van der Waals surface area contributed by atoms with Crippen LogP contribution in [0.5, 0.6) is 0 Å². The van der Waals surface area contributed by atoms with Gasteiger partial charge in [0.25, 0.3) is 5.56 Å². The average Bonchev–Trinajstić information content (AvgIpc) is 2.93. The van der Waals surface area contributed by atoms with E-state index in [4.69, 9.17) is 11.6 Å². The molecule has 1 aromatic carbocycles. The fourth-order valence-corrected chi connectivity index (χ4v) is 5.12. The summed E-state index contributed by atoms with van der Waals surface area (Å²) in [6.45, 7) is 7.63. The number of nitrogens with zero attached hydrogens (tertiary/aromatic N) is 3. The van der Waals surface area contributed by atoms with E-state index in [9.17, 15) is 4.79 Å². The predicted molar refractivity (Wildman–Crippen MR) is 108 cm³/mol. The van der Waals surface area contributed by atoms with Gasteiger partial charge in [-0.15, -0.1) is 0 Å². The summed E-state index contributed by atoms with van der Waals surface area (Å²) >= 11 is 7.85. The molecule has 0 spiro atoms. The molecule has 6 heteroatoms. The Morgan fingerprint density at radius 3 is 2.73 bits per heavy atom. The largest absolute Gasteiger partial charge is 0.298 e. The molecular formula is C20H22ClN3OS. The number of aromatic nitrogens is 2. The molecule has 0 aliphatic carbocycles. The maximum absolute atomic E-state index is 12.7. The highest BCUT2D eigenvalue weighted by molar-refractivity contribution is 7.13. The van der Waals surface area contributed by atoms with Gasteiger partial charge >= 0.3 is 0 Å². The second-order valence-corrected chi connectivity index (χ2v) is 8.80. The Morgan fingerprint density at radius 2 is 2.00 bits per heavy atom. The molecule has 1 fully saturated rings. The topological polar surface area (TPSA) is 38.1 Å². The quantitative estimate of drug-likeness (QED) is 0.660. The van der Waals surface area contributed by atoms with Gasteiger partial charge in [0, 0.05) is 30.9 Å². The third kappa shape index (κ3) is 3.43. The van der Waals surface area contributed by atoms with Crippen molar-refractivity contribution in [1.29, 1.82) is 0 Å². The van der Waals surface area contributed by atoms with E-state index < -0.39 is 0 Å². The Morgan fingerprint density at radius 1 is 1.23 bits per heavy atom. The van der Waals surface area contributed by atoms with Crippen molar-refractivity contribution in [2.45, 2.75) is 26.8 Å². The number of pyridine rings is 1. The number of halogens is 1. The number of hydrogen-bond acceptors (Lipinski definition) is 4. The molecule has 4 nitrogen and oxygen atoms in total. The maximum atomic E-state index is 12.7. The SMILES string of the molecule is CC1CC(C)CN(Cc2cc(-n3sc4ncccc4c3=O)ccc2Cl)C1. The van der Waals surface area contributed by atoms with E-state index in [2.05, 4.69) is 23.7 Å². The molecule has 0 bridgehead atoms. The molecule has 0 N–H and O–H groups in total. The molecule has 2 unspecified atom stereocenters. The maximum Gasteiger partial charge on any atom is 0.274 e. The lowest BCUT2D eigenvalue weighted by atomic mass is 9.91. The zero-order valence-electron chi connectivity index (χ0n) is 15.0. The standard InChI is InChI=1S/C20H22ClN3OS/c1-13-8-14(2)11-23(10-13)12-15-9-16(5-6-18(15)21)24-20(25)17-4-3-7-22-19(17)26-24/h3-7,9,13-14H,8,10-12H2,1-2H3. The van der Waals surface area contributed by atoms with Gasteiger partial charge in [0.1, 0.15) is 4.83 Å². The second-order valence-electron chi connectivity index (χ2n) is 7.46. The molecule has 3 aromatic rings. The fraction of sp³-hybridized carbons (Fsp3) is 0.400. The fourth-order valence-electron chi connectivity index (χ4n) is 4.00. The summed E-state index contributed by atoms with van der Waals surface area (Å²) in [7, 11) is 0. The van der Waals surface area contributed by atoms with Crippen LogP contribution in [0.2, 0.25) is 5.02 Å². The lowest BCUT2D eigenvalue weighted by molar-refractivity contribution is 0.134. The minimum absolute atomic E-state index is 0.0217. The van der Waals surface area contributed by atoms with Gasteiger partial charge in [0.15, 0.2) is 0 Å². The summed E-state index contributed by atoms with van der Waals surface area (Å²) in [6.07, 6.45) is 3.00. The van der Waals surface area contributed by atoms with Crippen molar-refractivity contribution in [3.05, 3.63) is 57.5 Å². The highest BCUT2D eigenvalue weighted by Crippen LogP contribution is 2.27. The summed E-state index contributed by atoms with van der Waals surface area (Å²) in [4.78, 5) is 20.2. The lowest BCUT2D eigenvalue weighted by Crippen LogP contribution is -2.38. The Hall–Kier alpha value is -1.69. The number of benzene rings is 1. The summed E-state index contributed by atoms with van der Waals surface area (Å²) in [5, 5.41) is 1.42. The smallest absolute Gasteiger partial charge is 0.274 e. The minimum Gasteiger partial charge on any atom is -0.298 e. The van der Waals surface area contributed by atoms with Crippen LogP contribution in [0, 0.1) is 11.8 Å². The van der Waals surface area contributed by atoms with E-state index in [-0.39, 0.29) is 5.56 Å². The van der Waals surface area contributed by atoms with Gasteiger partial charge in [-0.25, -0.2) is 8.94 Å². The Kier molecular flexibility index (Phi) is 4.86. The Labute approximate surface area is 162 Å². The second kappa shape index (κ2) is 7.14. The van der Waals surface area contributed by atoms with Crippen LogP contribution >= 0.6 is 23.1 Å². The van der Waals surface area contributed by atoms with E-state index in [1.807, 2.05) is 24.3 Å². The molecule has 1 aliphatic heterocycles. The van der Waals surface area contributed by atoms with Crippen LogP contribution < -0.4 is 5.56 Å². The molecule has 0 amide bonds. The third-order valence-corrected chi connectivity index (χ3v) is 6.39.